The molecule has 1 aliphatic carbocycles. The second-order valence-electron chi connectivity index (χ2n) is 7.29. The zero-order chi connectivity index (χ0) is 19.8. The summed E-state index contributed by atoms with van der Waals surface area (Å²) in [6.45, 7) is 2.19. The molecule has 6 nitrogen and oxygen atoms in total. The number of furan rings is 1. The van der Waals surface area contributed by atoms with E-state index in [9.17, 15) is 9.59 Å². The third kappa shape index (κ3) is 3.25. The highest BCUT2D eigenvalue weighted by Gasteiger charge is 2.26. The number of morpholine rings is 1. The monoisotopic (exact) mass is 388 g/mol. The SMILES string of the molecule is O=C1CCc2cc(-c3cc(C(=O)N4CCOCC4)oc3-c3ccncc3)ccc21. The number of benzene rings is 1. The van der Waals surface area contributed by atoms with Crippen LogP contribution in [-0.2, 0) is 11.2 Å². The van der Waals surface area contributed by atoms with Gasteiger partial charge in [0, 0.05) is 48.6 Å². The Morgan fingerprint density at radius 3 is 2.52 bits per heavy atom. The van der Waals surface area contributed by atoms with Gasteiger partial charge in [-0.15, -0.1) is 0 Å². The van der Waals surface area contributed by atoms with E-state index in [4.69, 9.17) is 9.15 Å². The Labute approximate surface area is 168 Å². The van der Waals surface area contributed by atoms with E-state index >= 15 is 0 Å². The number of Topliss-reactive ketones (excluding diaryl/α,β-unsaturated/α-hetero) is 1. The summed E-state index contributed by atoms with van der Waals surface area (Å²) in [6.07, 6.45) is 4.71. The molecule has 1 amide bonds. The Hall–Kier alpha value is -3.25. The van der Waals surface area contributed by atoms with Crippen LogP contribution in [0.3, 0.4) is 0 Å². The first-order chi connectivity index (χ1) is 14.2. The number of nitrogens with zero attached hydrogens (tertiary/aromatic N) is 2. The van der Waals surface area contributed by atoms with Crippen molar-refractivity contribution in [3.8, 4) is 22.5 Å². The molecule has 2 aromatic heterocycles. The molecule has 1 saturated heterocycles. The van der Waals surface area contributed by atoms with E-state index in [1.165, 1.54) is 0 Å². The summed E-state index contributed by atoms with van der Waals surface area (Å²) in [5.74, 6) is 1.00. The van der Waals surface area contributed by atoms with Crippen LogP contribution in [0.15, 0.2) is 53.2 Å². The maximum atomic E-state index is 13.0. The zero-order valence-corrected chi connectivity index (χ0v) is 15.9. The van der Waals surface area contributed by atoms with E-state index < -0.39 is 0 Å². The van der Waals surface area contributed by atoms with Gasteiger partial charge in [-0.05, 0) is 35.7 Å². The minimum absolute atomic E-state index is 0.133. The van der Waals surface area contributed by atoms with Gasteiger partial charge in [-0.25, -0.2) is 0 Å². The number of rotatable bonds is 3. The lowest BCUT2D eigenvalue weighted by Crippen LogP contribution is -2.40. The summed E-state index contributed by atoms with van der Waals surface area (Å²) in [5.41, 5.74) is 4.49. The van der Waals surface area contributed by atoms with Gasteiger partial charge in [0.2, 0.25) is 0 Å². The Morgan fingerprint density at radius 1 is 0.931 bits per heavy atom. The summed E-state index contributed by atoms with van der Waals surface area (Å²) in [7, 11) is 0. The molecule has 3 aromatic rings. The van der Waals surface area contributed by atoms with Gasteiger partial charge in [-0.3, -0.25) is 14.6 Å². The van der Waals surface area contributed by atoms with Crippen LogP contribution in [0.1, 0.15) is 32.9 Å². The van der Waals surface area contributed by atoms with Crippen LogP contribution in [0.2, 0.25) is 0 Å². The van der Waals surface area contributed by atoms with E-state index in [-0.39, 0.29) is 11.7 Å². The molecular weight excluding hydrogens is 368 g/mol. The number of carbonyl (C=O) groups is 2. The van der Waals surface area contributed by atoms with Gasteiger partial charge in [-0.1, -0.05) is 18.2 Å². The molecule has 1 fully saturated rings. The van der Waals surface area contributed by atoms with E-state index in [1.54, 1.807) is 17.3 Å². The molecule has 0 saturated carbocycles. The third-order valence-corrected chi connectivity index (χ3v) is 5.52. The molecule has 0 radical (unpaired) electrons. The van der Waals surface area contributed by atoms with Gasteiger partial charge < -0.3 is 14.1 Å². The van der Waals surface area contributed by atoms with Gasteiger partial charge in [0.05, 0.1) is 13.2 Å². The lowest BCUT2D eigenvalue weighted by atomic mass is 9.98. The molecule has 0 bridgehead atoms. The summed E-state index contributed by atoms with van der Waals surface area (Å²) < 4.78 is 11.4. The first kappa shape index (κ1) is 17.8. The van der Waals surface area contributed by atoms with Gasteiger partial charge in [-0.2, -0.15) is 0 Å². The molecule has 2 aliphatic rings. The topological polar surface area (TPSA) is 72.6 Å². The summed E-state index contributed by atoms with van der Waals surface area (Å²) in [4.78, 5) is 30.8. The predicted molar refractivity (Wildman–Crippen MR) is 107 cm³/mol. The van der Waals surface area contributed by atoms with Crippen molar-refractivity contribution in [3.63, 3.8) is 0 Å². The van der Waals surface area contributed by atoms with Crippen LogP contribution in [0.5, 0.6) is 0 Å². The third-order valence-electron chi connectivity index (χ3n) is 5.52. The van der Waals surface area contributed by atoms with E-state index in [2.05, 4.69) is 4.98 Å². The number of ketones is 1. The standard InChI is InChI=1S/C23H20N2O4/c26-20-4-2-16-13-17(1-3-18(16)20)19-14-21(23(27)25-9-11-28-12-10-25)29-22(19)15-5-7-24-8-6-15/h1,3,5-8,13-14H,2,4,9-12H2. The number of hydrogen-bond acceptors (Lipinski definition) is 5. The number of aryl methyl sites for hydroxylation is 1. The molecule has 0 N–H and O–H groups in total. The average Bonchev–Trinajstić information content (AvgIpc) is 3.38. The highest BCUT2D eigenvalue weighted by Crippen LogP contribution is 2.37. The largest absolute Gasteiger partial charge is 0.450 e. The van der Waals surface area contributed by atoms with E-state index in [0.717, 1.165) is 34.2 Å². The van der Waals surface area contributed by atoms with Crippen molar-refractivity contribution in [1.82, 2.24) is 9.88 Å². The molecule has 29 heavy (non-hydrogen) atoms. The molecule has 6 heteroatoms. The second-order valence-corrected chi connectivity index (χ2v) is 7.29. The maximum Gasteiger partial charge on any atom is 0.289 e. The highest BCUT2D eigenvalue weighted by molar-refractivity contribution is 6.01. The molecule has 5 rings (SSSR count). The van der Waals surface area contributed by atoms with Crippen molar-refractivity contribution in [2.24, 2.45) is 0 Å². The Balaban J connectivity index is 1.59. The first-order valence-corrected chi connectivity index (χ1v) is 9.78. The van der Waals surface area contributed by atoms with Gasteiger partial charge in [0.25, 0.3) is 5.91 Å². The van der Waals surface area contributed by atoms with Crippen LogP contribution in [0.25, 0.3) is 22.5 Å². The van der Waals surface area contributed by atoms with Crippen molar-refractivity contribution in [3.05, 3.63) is 65.7 Å². The van der Waals surface area contributed by atoms with Gasteiger partial charge in [0.1, 0.15) is 5.76 Å². The Morgan fingerprint density at radius 2 is 1.72 bits per heavy atom. The number of hydrogen-bond donors (Lipinski definition) is 0. The highest BCUT2D eigenvalue weighted by atomic mass is 16.5. The number of fused-ring (bicyclic) bond motifs is 1. The van der Waals surface area contributed by atoms with Crippen LogP contribution >= 0.6 is 0 Å². The van der Waals surface area contributed by atoms with Crippen molar-refractivity contribution in [2.75, 3.05) is 26.3 Å². The van der Waals surface area contributed by atoms with Crippen LogP contribution in [-0.4, -0.2) is 47.9 Å². The fourth-order valence-electron chi connectivity index (χ4n) is 3.97. The number of amides is 1. The second kappa shape index (κ2) is 7.29. The van der Waals surface area contributed by atoms with Gasteiger partial charge in [0.15, 0.2) is 11.5 Å². The van der Waals surface area contributed by atoms with Gasteiger partial charge >= 0.3 is 0 Å². The van der Waals surface area contributed by atoms with Crippen molar-refractivity contribution in [2.45, 2.75) is 12.8 Å². The molecule has 146 valence electrons. The molecule has 0 atom stereocenters. The van der Waals surface area contributed by atoms with Crippen LogP contribution < -0.4 is 0 Å². The van der Waals surface area contributed by atoms with Crippen molar-refractivity contribution >= 4 is 11.7 Å². The smallest absolute Gasteiger partial charge is 0.289 e. The summed E-state index contributed by atoms with van der Waals surface area (Å²) in [6, 6.07) is 11.4. The predicted octanol–water partition coefficient (Wildman–Crippen LogP) is 3.61. The summed E-state index contributed by atoms with van der Waals surface area (Å²) >= 11 is 0. The molecule has 0 spiro atoms. The minimum atomic E-state index is -0.133. The maximum absolute atomic E-state index is 13.0. The normalized spacial score (nSPS) is 16.1. The lowest BCUT2D eigenvalue weighted by molar-refractivity contribution is 0.0283. The van der Waals surface area contributed by atoms with Crippen LogP contribution in [0, 0.1) is 0 Å². The minimum Gasteiger partial charge on any atom is -0.450 e. The van der Waals surface area contributed by atoms with Crippen LogP contribution in [0.4, 0.5) is 0 Å². The average molecular weight is 388 g/mol. The Bertz CT molecular complexity index is 1080. The van der Waals surface area contributed by atoms with E-state index in [1.807, 2.05) is 36.4 Å². The van der Waals surface area contributed by atoms with Crippen molar-refractivity contribution in [1.29, 1.82) is 0 Å². The van der Waals surface area contributed by atoms with Crippen molar-refractivity contribution < 1.29 is 18.7 Å². The first-order valence-electron chi connectivity index (χ1n) is 9.78. The molecule has 1 aromatic carbocycles. The summed E-state index contributed by atoms with van der Waals surface area (Å²) in [5, 5.41) is 0. The number of aromatic nitrogens is 1. The van der Waals surface area contributed by atoms with E-state index in [0.29, 0.717) is 44.2 Å². The zero-order valence-electron chi connectivity index (χ0n) is 15.9. The molecule has 0 unspecified atom stereocenters. The molecular formula is C23H20N2O4. The molecule has 1 aliphatic heterocycles. The fraction of sp³-hybridized carbons (Fsp3) is 0.261. The molecule has 3 heterocycles. The lowest BCUT2D eigenvalue weighted by Gasteiger charge is -2.25. The number of ether oxygens (including phenoxy) is 1. The quantitative estimate of drug-likeness (QED) is 0.685. The number of pyridine rings is 1. The fourth-order valence-corrected chi connectivity index (χ4v) is 3.97. The number of carbonyl (C=O) groups excluding carboxylic acids is 2. The Kier molecular flexibility index (Phi) is 4.48.